The van der Waals surface area contributed by atoms with E-state index in [1.165, 1.54) is 0 Å². The summed E-state index contributed by atoms with van der Waals surface area (Å²) in [6.07, 6.45) is 4.96. The van der Waals surface area contributed by atoms with E-state index in [-0.39, 0.29) is 11.7 Å². The van der Waals surface area contributed by atoms with Gasteiger partial charge in [0.2, 0.25) is 11.7 Å². The van der Waals surface area contributed by atoms with Crippen LogP contribution in [0.2, 0.25) is 0 Å². The summed E-state index contributed by atoms with van der Waals surface area (Å²) < 4.78 is 33.5. The van der Waals surface area contributed by atoms with Gasteiger partial charge in [0.25, 0.3) is 0 Å². The van der Waals surface area contributed by atoms with E-state index >= 15 is 0 Å². The zero-order valence-corrected chi connectivity index (χ0v) is 18.6. The first-order valence-electron chi connectivity index (χ1n) is 9.79. The molecule has 30 heavy (non-hydrogen) atoms. The van der Waals surface area contributed by atoms with Gasteiger partial charge in [-0.25, -0.2) is 8.42 Å². The van der Waals surface area contributed by atoms with Gasteiger partial charge >= 0.3 is 0 Å². The maximum absolute atomic E-state index is 11.8. The van der Waals surface area contributed by atoms with Crippen LogP contribution in [0.5, 0.6) is 5.75 Å². The van der Waals surface area contributed by atoms with E-state index in [9.17, 15) is 18.0 Å². The van der Waals surface area contributed by atoms with E-state index in [0.717, 1.165) is 35.5 Å². The second-order valence-electron chi connectivity index (χ2n) is 7.88. The summed E-state index contributed by atoms with van der Waals surface area (Å²) in [7, 11) is -3.31. The van der Waals surface area contributed by atoms with Gasteiger partial charge in [0, 0.05) is 36.3 Å². The Labute approximate surface area is 178 Å². The van der Waals surface area contributed by atoms with Crippen molar-refractivity contribution in [3.63, 3.8) is 0 Å². The van der Waals surface area contributed by atoms with Crippen LogP contribution in [0, 0.1) is 5.92 Å². The zero-order chi connectivity index (χ0) is 22.4. The Morgan fingerprint density at radius 1 is 1.27 bits per heavy atom. The van der Waals surface area contributed by atoms with E-state index in [0.29, 0.717) is 25.3 Å². The number of rotatable bonds is 10. The highest BCUT2D eigenvalue weighted by Gasteiger charge is 2.36. The largest absolute Gasteiger partial charge is 0.494 e. The Balaban J connectivity index is 1.71. The van der Waals surface area contributed by atoms with Crippen LogP contribution in [0.4, 0.5) is 0 Å². The predicted octanol–water partition coefficient (Wildman–Crippen LogP) is 2.57. The molecular formula is C22H29NO6S. The van der Waals surface area contributed by atoms with Crippen LogP contribution in [0.15, 0.2) is 47.6 Å². The molecule has 7 nitrogen and oxygen atoms in total. The van der Waals surface area contributed by atoms with E-state index in [1.807, 2.05) is 31.2 Å². The second kappa shape index (κ2) is 9.93. The highest BCUT2D eigenvalue weighted by atomic mass is 32.2. The SMILES string of the molecule is C[C@@H](CCOc1ccc(CCNC(=O)C=CS(C)(=O)=O)cc1)C1=CC(=O)C(C)(C)O1. The first-order valence-corrected chi connectivity index (χ1v) is 11.7. The van der Waals surface area contributed by atoms with Gasteiger partial charge in [0.1, 0.15) is 11.5 Å². The lowest BCUT2D eigenvalue weighted by molar-refractivity contribution is -0.127. The van der Waals surface area contributed by atoms with Gasteiger partial charge in [-0.3, -0.25) is 9.59 Å². The molecule has 0 saturated carbocycles. The van der Waals surface area contributed by atoms with Gasteiger partial charge in [-0.05, 0) is 44.4 Å². The molecule has 1 N–H and O–H groups in total. The minimum atomic E-state index is -3.31. The first kappa shape index (κ1) is 23.7. The molecule has 2 rings (SSSR count). The molecule has 1 atom stereocenters. The third-order valence-corrected chi connectivity index (χ3v) is 5.28. The maximum Gasteiger partial charge on any atom is 0.244 e. The van der Waals surface area contributed by atoms with Crippen LogP contribution in [-0.4, -0.2) is 45.1 Å². The normalized spacial score (nSPS) is 16.8. The lowest BCUT2D eigenvalue weighted by Gasteiger charge is -2.21. The van der Waals surface area contributed by atoms with Gasteiger partial charge in [-0.1, -0.05) is 19.1 Å². The number of carbonyl (C=O) groups excluding carboxylic acids is 2. The number of ketones is 1. The van der Waals surface area contributed by atoms with E-state index in [4.69, 9.17) is 9.47 Å². The summed E-state index contributed by atoms with van der Waals surface area (Å²) in [5, 5.41) is 3.52. The Morgan fingerprint density at radius 2 is 1.93 bits per heavy atom. The molecule has 0 saturated heterocycles. The Kier molecular flexibility index (Phi) is 7.83. The van der Waals surface area contributed by atoms with E-state index < -0.39 is 21.3 Å². The number of carbonyl (C=O) groups is 2. The third-order valence-electron chi connectivity index (χ3n) is 4.65. The number of ether oxygens (including phenoxy) is 2. The highest BCUT2D eigenvalue weighted by Crippen LogP contribution is 2.30. The quantitative estimate of drug-likeness (QED) is 0.567. The molecule has 0 bridgehead atoms. The van der Waals surface area contributed by atoms with Crippen molar-refractivity contribution in [2.24, 2.45) is 5.92 Å². The molecular weight excluding hydrogens is 406 g/mol. The fourth-order valence-electron chi connectivity index (χ4n) is 2.74. The molecule has 1 aliphatic heterocycles. The monoisotopic (exact) mass is 435 g/mol. The van der Waals surface area contributed by atoms with Crippen LogP contribution in [0.1, 0.15) is 32.8 Å². The number of hydrogen-bond donors (Lipinski definition) is 1. The average Bonchev–Trinajstić information content (AvgIpc) is 2.93. The number of amides is 1. The fourth-order valence-corrected chi connectivity index (χ4v) is 3.11. The third kappa shape index (κ3) is 7.67. The summed E-state index contributed by atoms with van der Waals surface area (Å²) in [6.45, 7) is 6.43. The molecule has 1 aromatic rings. The molecule has 164 valence electrons. The van der Waals surface area contributed by atoms with Crippen LogP contribution in [-0.2, 0) is 30.6 Å². The molecule has 1 aliphatic rings. The smallest absolute Gasteiger partial charge is 0.244 e. The Hall–Kier alpha value is -2.61. The van der Waals surface area contributed by atoms with E-state index in [2.05, 4.69) is 5.32 Å². The van der Waals surface area contributed by atoms with Gasteiger partial charge in [-0.15, -0.1) is 0 Å². The number of allylic oxidation sites excluding steroid dienone is 1. The Morgan fingerprint density at radius 3 is 2.50 bits per heavy atom. The maximum atomic E-state index is 11.8. The summed E-state index contributed by atoms with van der Waals surface area (Å²) in [5.74, 6) is 1.08. The van der Waals surface area contributed by atoms with Crippen molar-refractivity contribution in [1.29, 1.82) is 0 Å². The summed E-state index contributed by atoms with van der Waals surface area (Å²) in [6, 6.07) is 7.56. The fraction of sp³-hybridized carbons (Fsp3) is 0.455. The van der Waals surface area contributed by atoms with Crippen molar-refractivity contribution in [2.45, 2.75) is 39.2 Å². The molecule has 0 unspecified atom stereocenters. The molecule has 8 heteroatoms. The topological polar surface area (TPSA) is 98.8 Å². The number of nitrogens with one attached hydrogen (secondary N) is 1. The predicted molar refractivity (Wildman–Crippen MR) is 115 cm³/mol. The number of sulfone groups is 1. The summed E-state index contributed by atoms with van der Waals surface area (Å²) >= 11 is 0. The van der Waals surface area contributed by atoms with E-state index in [1.54, 1.807) is 19.9 Å². The molecule has 0 spiro atoms. The molecule has 0 aliphatic carbocycles. The van der Waals surface area contributed by atoms with Crippen molar-refractivity contribution >= 4 is 21.5 Å². The Bertz CT molecular complexity index is 929. The van der Waals surface area contributed by atoms with Crippen LogP contribution < -0.4 is 10.1 Å². The second-order valence-corrected chi connectivity index (χ2v) is 9.81. The van der Waals surface area contributed by atoms with Crippen molar-refractivity contribution in [3.8, 4) is 5.75 Å². The summed E-state index contributed by atoms with van der Waals surface area (Å²) in [4.78, 5) is 23.4. The lowest BCUT2D eigenvalue weighted by atomic mass is 10.0. The highest BCUT2D eigenvalue weighted by molar-refractivity contribution is 7.93. The molecule has 1 aromatic carbocycles. The molecule has 1 heterocycles. The van der Waals surface area contributed by atoms with Crippen molar-refractivity contribution in [2.75, 3.05) is 19.4 Å². The standard InChI is InChI=1S/C22H29NO6S/c1-16(19-15-20(24)22(2,3)29-19)10-13-28-18-7-5-17(6-8-18)9-12-23-21(25)11-14-30(4,26)27/h5-8,11,14-16H,9-10,12-13H2,1-4H3,(H,23,25)/t16-/m0/s1. The molecule has 1 amide bonds. The van der Waals surface area contributed by atoms with Crippen LogP contribution >= 0.6 is 0 Å². The number of benzene rings is 1. The summed E-state index contributed by atoms with van der Waals surface area (Å²) in [5.41, 5.74) is 0.248. The minimum absolute atomic E-state index is 0.0107. The first-order chi connectivity index (χ1) is 14.0. The van der Waals surface area contributed by atoms with Gasteiger partial charge in [0.15, 0.2) is 15.4 Å². The average molecular weight is 436 g/mol. The molecule has 0 aromatic heterocycles. The van der Waals surface area contributed by atoms with Crippen molar-refractivity contribution < 1.29 is 27.5 Å². The lowest BCUT2D eigenvalue weighted by Crippen LogP contribution is -2.28. The molecule has 0 radical (unpaired) electrons. The van der Waals surface area contributed by atoms with Gasteiger partial charge in [-0.2, -0.15) is 0 Å². The van der Waals surface area contributed by atoms with Crippen LogP contribution in [0.25, 0.3) is 0 Å². The van der Waals surface area contributed by atoms with Crippen molar-refractivity contribution in [1.82, 2.24) is 5.32 Å². The van der Waals surface area contributed by atoms with Gasteiger partial charge < -0.3 is 14.8 Å². The van der Waals surface area contributed by atoms with Gasteiger partial charge in [0.05, 0.1) is 6.61 Å². The number of hydrogen-bond acceptors (Lipinski definition) is 6. The van der Waals surface area contributed by atoms with Crippen molar-refractivity contribution in [3.05, 3.63) is 53.1 Å². The molecule has 0 fully saturated rings. The minimum Gasteiger partial charge on any atom is -0.494 e. The zero-order valence-electron chi connectivity index (χ0n) is 17.8. The van der Waals surface area contributed by atoms with Crippen LogP contribution in [0.3, 0.4) is 0 Å².